The van der Waals surface area contributed by atoms with E-state index in [1.807, 2.05) is 69.3 Å². The molecule has 3 aromatic rings. The van der Waals surface area contributed by atoms with Crippen molar-refractivity contribution in [2.45, 2.75) is 27.3 Å². The predicted octanol–water partition coefficient (Wildman–Crippen LogP) is 4.30. The Labute approximate surface area is 171 Å². The Balaban J connectivity index is 1.76. The van der Waals surface area contributed by atoms with Crippen LogP contribution in [0, 0.1) is 13.8 Å². The Morgan fingerprint density at radius 2 is 1.79 bits per heavy atom. The summed E-state index contributed by atoms with van der Waals surface area (Å²) >= 11 is 0. The van der Waals surface area contributed by atoms with Crippen LogP contribution >= 0.6 is 0 Å². The summed E-state index contributed by atoms with van der Waals surface area (Å²) in [5, 5.41) is 2.88. The standard InChI is InChI=1S/C24H25N3O2/c1-4-27(21-11-7-8-17(2)14-21)24(29)19-12-13-25-22(15-19)23(28)26-16-20-10-6-5-9-18(20)3/h5-15H,4,16H2,1-3H3,(H,26,28). The van der Waals surface area contributed by atoms with Crippen molar-refractivity contribution < 1.29 is 9.59 Å². The molecule has 0 spiro atoms. The number of aromatic nitrogens is 1. The van der Waals surface area contributed by atoms with Crippen molar-refractivity contribution in [3.63, 3.8) is 0 Å². The van der Waals surface area contributed by atoms with E-state index in [0.717, 1.165) is 22.4 Å². The molecule has 0 aliphatic rings. The van der Waals surface area contributed by atoms with Crippen LogP contribution in [0.2, 0.25) is 0 Å². The van der Waals surface area contributed by atoms with Gasteiger partial charge in [-0.05, 0) is 61.7 Å². The highest BCUT2D eigenvalue weighted by atomic mass is 16.2. The van der Waals surface area contributed by atoms with Crippen LogP contribution in [-0.4, -0.2) is 23.3 Å². The van der Waals surface area contributed by atoms with Crippen molar-refractivity contribution in [1.29, 1.82) is 0 Å². The second-order valence-corrected chi connectivity index (χ2v) is 6.93. The molecule has 0 atom stereocenters. The fourth-order valence-corrected chi connectivity index (χ4v) is 3.16. The van der Waals surface area contributed by atoms with Gasteiger partial charge in [0.2, 0.25) is 0 Å². The topological polar surface area (TPSA) is 62.3 Å². The SMILES string of the molecule is CCN(C(=O)c1ccnc(C(=O)NCc2ccccc2C)c1)c1cccc(C)c1. The number of hydrogen-bond acceptors (Lipinski definition) is 3. The molecule has 5 heteroatoms. The number of pyridine rings is 1. The third-order valence-electron chi connectivity index (χ3n) is 4.81. The molecule has 2 amide bonds. The zero-order chi connectivity index (χ0) is 20.8. The molecule has 0 fully saturated rings. The van der Waals surface area contributed by atoms with E-state index in [1.54, 1.807) is 17.0 Å². The third-order valence-corrected chi connectivity index (χ3v) is 4.81. The van der Waals surface area contributed by atoms with Gasteiger partial charge in [-0.15, -0.1) is 0 Å². The lowest BCUT2D eigenvalue weighted by atomic mass is 10.1. The van der Waals surface area contributed by atoms with Crippen LogP contribution in [-0.2, 0) is 6.54 Å². The van der Waals surface area contributed by atoms with Gasteiger partial charge in [0, 0.05) is 30.5 Å². The molecular weight excluding hydrogens is 362 g/mol. The fourth-order valence-electron chi connectivity index (χ4n) is 3.16. The highest BCUT2D eigenvalue weighted by molar-refractivity contribution is 6.07. The fraction of sp³-hybridized carbons (Fsp3) is 0.208. The van der Waals surface area contributed by atoms with Crippen LogP contribution in [0.15, 0.2) is 66.9 Å². The van der Waals surface area contributed by atoms with Crippen molar-refractivity contribution in [1.82, 2.24) is 10.3 Å². The molecule has 29 heavy (non-hydrogen) atoms. The second-order valence-electron chi connectivity index (χ2n) is 6.93. The normalized spacial score (nSPS) is 10.4. The average molecular weight is 387 g/mol. The summed E-state index contributed by atoms with van der Waals surface area (Å²) in [6.07, 6.45) is 1.50. The number of aryl methyl sites for hydroxylation is 2. The molecule has 1 heterocycles. The number of benzene rings is 2. The molecule has 0 aliphatic heterocycles. The number of nitrogens with one attached hydrogen (secondary N) is 1. The maximum absolute atomic E-state index is 13.1. The van der Waals surface area contributed by atoms with Crippen LogP contribution in [0.4, 0.5) is 5.69 Å². The third kappa shape index (κ3) is 4.88. The molecule has 0 radical (unpaired) electrons. The molecule has 0 aliphatic carbocycles. The largest absolute Gasteiger partial charge is 0.347 e. The molecule has 1 aromatic heterocycles. The first kappa shape index (κ1) is 20.3. The van der Waals surface area contributed by atoms with E-state index in [2.05, 4.69) is 10.3 Å². The van der Waals surface area contributed by atoms with Gasteiger partial charge >= 0.3 is 0 Å². The summed E-state index contributed by atoms with van der Waals surface area (Å²) in [7, 11) is 0. The van der Waals surface area contributed by atoms with Crippen molar-refractivity contribution in [3.05, 3.63) is 94.8 Å². The van der Waals surface area contributed by atoms with E-state index in [4.69, 9.17) is 0 Å². The number of rotatable bonds is 6. The van der Waals surface area contributed by atoms with Gasteiger partial charge in [0.05, 0.1) is 0 Å². The lowest BCUT2D eigenvalue weighted by Gasteiger charge is -2.21. The minimum atomic E-state index is -0.304. The number of anilines is 1. The summed E-state index contributed by atoms with van der Waals surface area (Å²) in [5.74, 6) is -0.463. The molecule has 2 aromatic carbocycles. The lowest BCUT2D eigenvalue weighted by Crippen LogP contribution is -2.31. The van der Waals surface area contributed by atoms with Crippen molar-refractivity contribution in [2.24, 2.45) is 0 Å². The number of amides is 2. The highest BCUT2D eigenvalue weighted by Gasteiger charge is 2.18. The Morgan fingerprint density at radius 3 is 2.52 bits per heavy atom. The summed E-state index contributed by atoms with van der Waals surface area (Å²) < 4.78 is 0. The highest BCUT2D eigenvalue weighted by Crippen LogP contribution is 2.19. The zero-order valence-electron chi connectivity index (χ0n) is 17.0. The second kappa shape index (κ2) is 9.15. The molecule has 3 rings (SSSR count). The van der Waals surface area contributed by atoms with Gasteiger partial charge in [0.1, 0.15) is 5.69 Å². The van der Waals surface area contributed by atoms with Gasteiger partial charge in [-0.2, -0.15) is 0 Å². The Hall–Kier alpha value is -3.47. The lowest BCUT2D eigenvalue weighted by molar-refractivity contribution is 0.0946. The van der Waals surface area contributed by atoms with Crippen molar-refractivity contribution >= 4 is 17.5 Å². The maximum atomic E-state index is 13.1. The van der Waals surface area contributed by atoms with Crippen molar-refractivity contribution in [3.8, 4) is 0 Å². The number of carbonyl (C=O) groups is 2. The van der Waals surface area contributed by atoms with E-state index in [9.17, 15) is 9.59 Å². The van der Waals surface area contributed by atoms with Gasteiger partial charge in [-0.1, -0.05) is 36.4 Å². The van der Waals surface area contributed by atoms with Crippen LogP contribution in [0.25, 0.3) is 0 Å². The number of nitrogens with zero attached hydrogens (tertiary/aromatic N) is 2. The van der Waals surface area contributed by atoms with Gasteiger partial charge in [0.25, 0.3) is 11.8 Å². The zero-order valence-corrected chi connectivity index (χ0v) is 17.0. The van der Waals surface area contributed by atoms with Gasteiger partial charge in [-0.3, -0.25) is 14.6 Å². The maximum Gasteiger partial charge on any atom is 0.270 e. The minimum Gasteiger partial charge on any atom is -0.347 e. The van der Waals surface area contributed by atoms with E-state index in [-0.39, 0.29) is 17.5 Å². The Bertz CT molecular complexity index is 1030. The molecule has 0 bridgehead atoms. The molecule has 148 valence electrons. The summed E-state index contributed by atoms with van der Waals surface area (Å²) in [4.78, 5) is 31.5. The summed E-state index contributed by atoms with van der Waals surface area (Å²) in [5.41, 5.74) is 4.74. The van der Waals surface area contributed by atoms with E-state index in [0.29, 0.717) is 18.7 Å². The molecule has 1 N–H and O–H groups in total. The minimum absolute atomic E-state index is 0.159. The molecule has 0 unspecified atom stereocenters. The molecule has 0 saturated carbocycles. The van der Waals surface area contributed by atoms with Crippen LogP contribution in [0.3, 0.4) is 0 Å². The monoisotopic (exact) mass is 387 g/mol. The van der Waals surface area contributed by atoms with Gasteiger partial charge in [0.15, 0.2) is 0 Å². The van der Waals surface area contributed by atoms with E-state index >= 15 is 0 Å². The molecule has 0 saturated heterocycles. The van der Waals surface area contributed by atoms with E-state index in [1.165, 1.54) is 6.20 Å². The average Bonchev–Trinajstić information content (AvgIpc) is 2.73. The quantitative estimate of drug-likeness (QED) is 0.686. The molecular formula is C24H25N3O2. The smallest absolute Gasteiger partial charge is 0.270 e. The van der Waals surface area contributed by atoms with Crippen molar-refractivity contribution in [2.75, 3.05) is 11.4 Å². The van der Waals surface area contributed by atoms with Crippen LogP contribution < -0.4 is 10.2 Å². The van der Waals surface area contributed by atoms with Crippen LogP contribution in [0.5, 0.6) is 0 Å². The van der Waals surface area contributed by atoms with E-state index < -0.39 is 0 Å². The number of carbonyl (C=O) groups excluding carboxylic acids is 2. The first-order chi connectivity index (χ1) is 14.0. The summed E-state index contributed by atoms with van der Waals surface area (Å²) in [6, 6.07) is 18.9. The van der Waals surface area contributed by atoms with Gasteiger partial charge in [-0.25, -0.2) is 0 Å². The predicted molar refractivity (Wildman–Crippen MR) is 115 cm³/mol. The van der Waals surface area contributed by atoms with Crippen LogP contribution in [0.1, 0.15) is 44.5 Å². The number of hydrogen-bond donors (Lipinski definition) is 1. The molecule has 5 nitrogen and oxygen atoms in total. The summed E-state index contributed by atoms with van der Waals surface area (Å²) in [6.45, 7) is 6.86. The Morgan fingerprint density at radius 1 is 1.00 bits per heavy atom. The van der Waals surface area contributed by atoms with Gasteiger partial charge < -0.3 is 10.2 Å². The first-order valence-corrected chi connectivity index (χ1v) is 9.67. The Kier molecular flexibility index (Phi) is 6.39. The first-order valence-electron chi connectivity index (χ1n) is 9.67.